The molecule has 8 heteroatoms. The topological polar surface area (TPSA) is 97.3 Å². The zero-order valence-electron chi connectivity index (χ0n) is 15.0. The zero-order chi connectivity index (χ0) is 18.3. The first-order valence-corrected chi connectivity index (χ1v) is 8.47. The highest BCUT2D eigenvalue weighted by Gasteiger charge is 2.21. The molecule has 4 rings (SSSR count). The Bertz CT molecular complexity index is 969. The third-order valence-electron chi connectivity index (χ3n) is 4.59. The van der Waals surface area contributed by atoms with Crippen LogP contribution in [0.3, 0.4) is 0 Å². The molecule has 0 spiro atoms. The van der Waals surface area contributed by atoms with Gasteiger partial charge in [0.15, 0.2) is 28.5 Å². The molecule has 1 aromatic carbocycles. The van der Waals surface area contributed by atoms with Crippen LogP contribution in [0.5, 0.6) is 17.2 Å². The summed E-state index contributed by atoms with van der Waals surface area (Å²) in [5.41, 5.74) is 8.39. The van der Waals surface area contributed by atoms with Crippen molar-refractivity contribution in [2.24, 2.45) is 0 Å². The number of benzene rings is 1. The summed E-state index contributed by atoms with van der Waals surface area (Å²) in [5, 5.41) is 0. The van der Waals surface area contributed by atoms with Gasteiger partial charge in [-0.05, 0) is 24.6 Å². The lowest BCUT2D eigenvalue weighted by atomic mass is 10.1. The summed E-state index contributed by atoms with van der Waals surface area (Å²) in [6.07, 6.45) is 2.84. The molecule has 1 unspecified atom stereocenters. The minimum atomic E-state index is -0.0218. The van der Waals surface area contributed by atoms with E-state index in [1.54, 1.807) is 14.2 Å². The molecule has 3 aromatic rings. The average molecular weight is 355 g/mol. The van der Waals surface area contributed by atoms with Crippen molar-refractivity contribution in [3.05, 3.63) is 29.8 Å². The number of aryl methyl sites for hydroxylation is 1. The normalized spacial score (nSPS) is 16.7. The van der Waals surface area contributed by atoms with E-state index in [9.17, 15) is 0 Å². The monoisotopic (exact) mass is 355 g/mol. The molecule has 2 bridgehead atoms. The van der Waals surface area contributed by atoms with Gasteiger partial charge in [0.05, 0.1) is 20.3 Å². The molecule has 0 fully saturated rings. The molecule has 0 radical (unpaired) electrons. The number of hydrogen-bond acceptors (Lipinski definition) is 7. The standard InChI is InChI=1S/C18H21N5O3/c1-10-4-5-23-14(22-15-17(19)20-9-21-18(15)23)8-11-6-12(24-2)16(25-3)13(7-11)26-10/h6-7,9-10H,4-5,8H2,1-3H3,(H2,19,20,21). The number of fused-ring (bicyclic) bond motifs is 5. The van der Waals surface area contributed by atoms with Crippen LogP contribution in [-0.2, 0) is 13.0 Å². The highest BCUT2D eigenvalue weighted by atomic mass is 16.5. The number of nitrogen functional groups attached to an aromatic ring is 1. The van der Waals surface area contributed by atoms with Crippen molar-refractivity contribution in [1.29, 1.82) is 0 Å². The van der Waals surface area contributed by atoms with Crippen LogP contribution in [-0.4, -0.2) is 39.8 Å². The summed E-state index contributed by atoms with van der Waals surface area (Å²) in [5.74, 6) is 3.20. The van der Waals surface area contributed by atoms with Crippen LogP contribution in [0.2, 0.25) is 0 Å². The number of methoxy groups -OCH3 is 2. The Hall–Kier alpha value is -3.03. The van der Waals surface area contributed by atoms with E-state index in [1.165, 1.54) is 6.33 Å². The molecule has 1 aliphatic rings. The van der Waals surface area contributed by atoms with Crippen LogP contribution in [0.1, 0.15) is 24.7 Å². The van der Waals surface area contributed by atoms with Gasteiger partial charge in [-0.15, -0.1) is 0 Å². The van der Waals surface area contributed by atoms with Crippen molar-refractivity contribution in [1.82, 2.24) is 19.5 Å². The van der Waals surface area contributed by atoms with E-state index < -0.39 is 0 Å². The zero-order valence-corrected chi connectivity index (χ0v) is 15.0. The molecule has 0 saturated heterocycles. The van der Waals surface area contributed by atoms with Gasteiger partial charge in [-0.1, -0.05) is 0 Å². The molecular weight excluding hydrogens is 334 g/mol. The average Bonchev–Trinajstić information content (AvgIpc) is 2.98. The van der Waals surface area contributed by atoms with E-state index in [2.05, 4.69) is 14.5 Å². The number of nitrogens with zero attached hydrogens (tertiary/aromatic N) is 4. The maximum absolute atomic E-state index is 6.13. The van der Waals surface area contributed by atoms with Gasteiger partial charge >= 0.3 is 0 Å². The third-order valence-corrected chi connectivity index (χ3v) is 4.59. The lowest BCUT2D eigenvalue weighted by molar-refractivity contribution is 0.192. The second-order valence-corrected chi connectivity index (χ2v) is 6.33. The summed E-state index contributed by atoms with van der Waals surface area (Å²) in [6, 6.07) is 3.92. The number of rotatable bonds is 2. The molecule has 1 aliphatic heterocycles. The largest absolute Gasteiger partial charge is 0.493 e. The first-order valence-electron chi connectivity index (χ1n) is 8.47. The Balaban J connectivity index is 1.90. The Kier molecular flexibility index (Phi) is 4.02. The van der Waals surface area contributed by atoms with Gasteiger partial charge in [0, 0.05) is 19.4 Å². The van der Waals surface area contributed by atoms with Gasteiger partial charge in [-0.25, -0.2) is 15.0 Å². The molecule has 3 heterocycles. The van der Waals surface area contributed by atoms with Crippen LogP contribution in [0.4, 0.5) is 5.82 Å². The third kappa shape index (κ3) is 2.67. The number of nitrogens with two attached hydrogens (primary N) is 1. The van der Waals surface area contributed by atoms with E-state index in [4.69, 9.17) is 24.9 Å². The molecule has 2 N–H and O–H groups in total. The fourth-order valence-electron chi connectivity index (χ4n) is 3.31. The highest BCUT2D eigenvalue weighted by molar-refractivity contribution is 5.81. The molecule has 26 heavy (non-hydrogen) atoms. The van der Waals surface area contributed by atoms with Crippen LogP contribution < -0.4 is 19.9 Å². The summed E-state index contributed by atoms with van der Waals surface area (Å²) >= 11 is 0. The predicted octanol–water partition coefficient (Wildman–Crippen LogP) is 2.19. The predicted molar refractivity (Wildman–Crippen MR) is 96.8 cm³/mol. The maximum atomic E-state index is 6.13. The SMILES string of the molecule is COc1cc2cc(c1OC)OC(C)CCn1c(nc3c(N)ncnc31)C2. The van der Waals surface area contributed by atoms with Crippen molar-refractivity contribution in [3.63, 3.8) is 0 Å². The van der Waals surface area contributed by atoms with Crippen molar-refractivity contribution in [3.8, 4) is 17.2 Å². The lowest BCUT2D eigenvalue weighted by Crippen LogP contribution is -2.18. The summed E-state index contributed by atoms with van der Waals surface area (Å²) in [4.78, 5) is 13.1. The fraction of sp³-hybridized carbons (Fsp3) is 0.389. The number of aromatic nitrogens is 4. The van der Waals surface area contributed by atoms with Crippen molar-refractivity contribution in [2.75, 3.05) is 20.0 Å². The lowest BCUT2D eigenvalue weighted by Gasteiger charge is -2.22. The minimum absolute atomic E-state index is 0.0218. The number of hydrogen-bond donors (Lipinski definition) is 1. The van der Waals surface area contributed by atoms with Crippen LogP contribution in [0.15, 0.2) is 18.5 Å². The van der Waals surface area contributed by atoms with Gasteiger partial charge in [0.25, 0.3) is 0 Å². The number of anilines is 1. The highest BCUT2D eigenvalue weighted by Crippen LogP contribution is 2.40. The fourth-order valence-corrected chi connectivity index (χ4v) is 3.31. The smallest absolute Gasteiger partial charge is 0.203 e. The van der Waals surface area contributed by atoms with Crippen molar-refractivity contribution in [2.45, 2.75) is 32.4 Å². The Labute approximate surface area is 150 Å². The van der Waals surface area contributed by atoms with Gasteiger partial charge in [0.1, 0.15) is 12.2 Å². The van der Waals surface area contributed by atoms with Gasteiger partial charge < -0.3 is 24.5 Å². The summed E-state index contributed by atoms with van der Waals surface area (Å²) < 4.78 is 19.2. The van der Waals surface area contributed by atoms with E-state index in [0.717, 1.165) is 30.0 Å². The quantitative estimate of drug-likeness (QED) is 0.752. The molecule has 2 aromatic heterocycles. The Morgan fingerprint density at radius 1 is 1.23 bits per heavy atom. The van der Waals surface area contributed by atoms with Crippen molar-refractivity contribution < 1.29 is 14.2 Å². The molecule has 1 atom stereocenters. The molecular formula is C18H21N5O3. The Morgan fingerprint density at radius 3 is 2.85 bits per heavy atom. The van der Waals surface area contributed by atoms with Gasteiger partial charge in [0.2, 0.25) is 5.75 Å². The second kappa shape index (κ2) is 6.36. The molecule has 8 nitrogen and oxygen atoms in total. The first-order chi connectivity index (χ1) is 12.6. The molecule has 0 aliphatic carbocycles. The maximum Gasteiger partial charge on any atom is 0.203 e. The van der Waals surface area contributed by atoms with E-state index >= 15 is 0 Å². The molecule has 0 saturated carbocycles. The summed E-state index contributed by atoms with van der Waals surface area (Å²) in [6.45, 7) is 2.76. The number of imidazole rings is 1. The van der Waals surface area contributed by atoms with E-state index in [0.29, 0.717) is 35.0 Å². The van der Waals surface area contributed by atoms with Crippen LogP contribution in [0.25, 0.3) is 11.2 Å². The molecule has 0 amide bonds. The Morgan fingerprint density at radius 2 is 2.08 bits per heavy atom. The second-order valence-electron chi connectivity index (χ2n) is 6.33. The van der Waals surface area contributed by atoms with E-state index in [-0.39, 0.29) is 6.10 Å². The summed E-state index contributed by atoms with van der Waals surface area (Å²) in [7, 11) is 3.23. The first kappa shape index (κ1) is 16.4. The van der Waals surface area contributed by atoms with Gasteiger partial charge in [-0.2, -0.15) is 0 Å². The molecule has 136 valence electrons. The van der Waals surface area contributed by atoms with Crippen molar-refractivity contribution >= 4 is 17.0 Å². The van der Waals surface area contributed by atoms with E-state index in [1.807, 2.05) is 19.1 Å². The minimum Gasteiger partial charge on any atom is -0.493 e. The van der Waals surface area contributed by atoms with Crippen LogP contribution in [0, 0.1) is 0 Å². The van der Waals surface area contributed by atoms with Gasteiger partial charge in [-0.3, -0.25) is 0 Å². The number of ether oxygens (including phenoxy) is 3. The van der Waals surface area contributed by atoms with Crippen LogP contribution >= 0.6 is 0 Å².